The molecule has 0 radical (unpaired) electrons. The van der Waals surface area contributed by atoms with Crippen LogP contribution in [-0.4, -0.2) is 39.2 Å². The van der Waals surface area contributed by atoms with Crippen LogP contribution < -0.4 is 0 Å². The first kappa shape index (κ1) is 35.2. The average Bonchev–Trinajstić information content (AvgIpc) is 3.06. The van der Waals surface area contributed by atoms with Gasteiger partial charge >= 0.3 is 23.9 Å². The third-order valence-electron chi connectivity index (χ3n) is 7.50. The van der Waals surface area contributed by atoms with E-state index in [-0.39, 0.29) is 28.4 Å². The molecule has 0 saturated heterocycles. The molecule has 8 heteroatoms. The summed E-state index contributed by atoms with van der Waals surface area (Å²) >= 11 is 0. The Hall–Kier alpha value is -5.24. The molecule has 0 saturated carbocycles. The highest BCUT2D eigenvalue weighted by Crippen LogP contribution is 2.26. The Labute approximate surface area is 269 Å². The number of aromatic carboxylic acids is 3. The number of esters is 1. The van der Waals surface area contributed by atoms with Gasteiger partial charge in [0.1, 0.15) is 6.10 Å². The second-order valence-corrected chi connectivity index (χ2v) is 10.8. The van der Waals surface area contributed by atoms with E-state index in [0.717, 1.165) is 48.8 Å². The van der Waals surface area contributed by atoms with Crippen LogP contribution in [0.15, 0.2) is 97.1 Å². The zero-order valence-electron chi connectivity index (χ0n) is 26.1. The maximum absolute atomic E-state index is 12.4. The van der Waals surface area contributed by atoms with Crippen LogP contribution in [0.3, 0.4) is 0 Å². The van der Waals surface area contributed by atoms with Crippen LogP contribution in [0.4, 0.5) is 0 Å². The molecule has 0 fully saturated rings. The second kappa shape index (κ2) is 17.9. The van der Waals surface area contributed by atoms with Crippen LogP contribution in [0.1, 0.15) is 116 Å². The second-order valence-electron chi connectivity index (χ2n) is 10.8. The molecule has 0 aliphatic carbocycles. The molecule has 46 heavy (non-hydrogen) atoms. The van der Waals surface area contributed by atoms with Gasteiger partial charge in [-0.3, -0.25) is 0 Å². The van der Waals surface area contributed by atoms with Crippen molar-refractivity contribution in [3.05, 3.63) is 142 Å². The molecule has 4 rings (SSSR count). The number of hydrogen-bond donors (Lipinski definition) is 3. The zero-order chi connectivity index (χ0) is 33.5. The Balaban J connectivity index is 0.000000250. The monoisotopic (exact) mass is 624 g/mol. The first-order valence-corrected chi connectivity index (χ1v) is 15.4. The summed E-state index contributed by atoms with van der Waals surface area (Å²) in [7, 11) is 0. The topological polar surface area (TPSA) is 138 Å². The molecular formula is C38H40O8. The van der Waals surface area contributed by atoms with Crippen LogP contribution in [-0.2, 0) is 17.6 Å². The van der Waals surface area contributed by atoms with E-state index in [1.54, 1.807) is 18.2 Å². The van der Waals surface area contributed by atoms with Crippen molar-refractivity contribution >= 4 is 23.9 Å². The molecule has 0 aliphatic heterocycles. The number of carboxylic acid groups (broad SMARTS) is 3. The Morgan fingerprint density at radius 1 is 0.630 bits per heavy atom. The van der Waals surface area contributed by atoms with Gasteiger partial charge in [-0.2, -0.15) is 0 Å². The van der Waals surface area contributed by atoms with Gasteiger partial charge in [0.2, 0.25) is 0 Å². The fourth-order valence-electron chi connectivity index (χ4n) is 5.11. The van der Waals surface area contributed by atoms with E-state index in [4.69, 9.17) is 4.74 Å². The number of hydrogen-bond acceptors (Lipinski definition) is 5. The average molecular weight is 625 g/mol. The van der Waals surface area contributed by atoms with E-state index in [0.29, 0.717) is 18.4 Å². The predicted octanol–water partition coefficient (Wildman–Crippen LogP) is 8.49. The van der Waals surface area contributed by atoms with Crippen LogP contribution >= 0.6 is 0 Å². The molecule has 0 heterocycles. The van der Waals surface area contributed by atoms with Crippen molar-refractivity contribution in [2.75, 3.05) is 0 Å². The molecule has 1 atom stereocenters. The normalized spacial score (nSPS) is 11.1. The number of aryl methyl sites for hydroxylation is 1. The van der Waals surface area contributed by atoms with Crippen molar-refractivity contribution in [1.29, 1.82) is 0 Å². The van der Waals surface area contributed by atoms with Crippen molar-refractivity contribution in [3.8, 4) is 0 Å². The first-order valence-electron chi connectivity index (χ1n) is 15.4. The number of ether oxygens (including phenoxy) is 1. The van der Waals surface area contributed by atoms with Gasteiger partial charge in [0.15, 0.2) is 0 Å². The Morgan fingerprint density at radius 3 is 1.76 bits per heavy atom. The SMILES string of the molecule is CCCCC(OC(=O)c1ccccc1C(=O)O)c1ccccc1.CCCCc1ccc(C(=O)O)c(C(=O)O)c1Cc1ccccc1. The van der Waals surface area contributed by atoms with Crippen molar-refractivity contribution < 1.29 is 39.2 Å². The van der Waals surface area contributed by atoms with Crippen molar-refractivity contribution in [2.24, 2.45) is 0 Å². The van der Waals surface area contributed by atoms with E-state index in [1.165, 1.54) is 18.2 Å². The van der Waals surface area contributed by atoms with Crippen molar-refractivity contribution in [1.82, 2.24) is 0 Å². The number of carbonyl (C=O) groups excluding carboxylic acids is 1. The van der Waals surface area contributed by atoms with Crippen LogP contribution in [0.5, 0.6) is 0 Å². The fraction of sp³-hybridized carbons (Fsp3) is 0.263. The van der Waals surface area contributed by atoms with E-state index in [2.05, 4.69) is 13.8 Å². The van der Waals surface area contributed by atoms with Gasteiger partial charge in [0.25, 0.3) is 0 Å². The molecule has 8 nitrogen and oxygen atoms in total. The summed E-state index contributed by atoms with van der Waals surface area (Å²) in [6, 6.07) is 28.3. The van der Waals surface area contributed by atoms with E-state index in [9.17, 15) is 34.5 Å². The molecule has 0 spiro atoms. The van der Waals surface area contributed by atoms with Crippen LogP contribution in [0, 0.1) is 0 Å². The predicted molar refractivity (Wildman–Crippen MR) is 176 cm³/mol. The molecular weight excluding hydrogens is 584 g/mol. The minimum absolute atomic E-state index is 0.0418. The maximum atomic E-state index is 12.4. The number of rotatable bonds is 14. The lowest BCUT2D eigenvalue weighted by atomic mass is 9.89. The summed E-state index contributed by atoms with van der Waals surface area (Å²) < 4.78 is 5.61. The van der Waals surface area contributed by atoms with Gasteiger partial charge in [0, 0.05) is 0 Å². The third-order valence-corrected chi connectivity index (χ3v) is 7.50. The number of carboxylic acids is 3. The van der Waals surface area contributed by atoms with E-state index < -0.39 is 23.9 Å². The minimum atomic E-state index is -1.21. The Morgan fingerprint density at radius 2 is 1.20 bits per heavy atom. The molecule has 0 bridgehead atoms. The summed E-state index contributed by atoms with van der Waals surface area (Å²) in [6.45, 7) is 4.14. The smallest absolute Gasteiger partial charge is 0.339 e. The van der Waals surface area contributed by atoms with Crippen LogP contribution in [0.2, 0.25) is 0 Å². The number of benzene rings is 4. The van der Waals surface area contributed by atoms with Gasteiger partial charge in [0.05, 0.1) is 22.3 Å². The maximum Gasteiger partial charge on any atom is 0.339 e. The molecule has 3 N–H and O–H groups in total. The summed E-state index contributed by atoms with van der Waals surface area (Å²) in [5.41, 5.74) is 3.21. The lowest BCUT2D eigenvalue weighted by Gasteiger charge is -2.18. The van der Waals surface area contributed by atoms with Crippen molar-refractivity contribution in [2.45, 2.75) is 64.9 Å². The lowest BCUT2D eigenvalue weighted by molar-refractivity contribution is 0.0266. The fourth-order valence-corrected chi connectivity index (χ4v) is 5.11. The lowest BCUT2D eigenvalue weighted by Crippen LogP contribution is -2.15. The van der Waals surface area contributed by atoms with E-state index in [1.807, 2.05) is 60.7 Å². The van der Waals surface area contributed by atoms with Crippen molar-refractivity contribution in [3.63, 3.8) is 0 Å². The first-order chi connectivity index (χ1) is 22.2. The molecule has 0 amide bonds. The third kappa shape index (κ3) is 9.89. The molecule has 0 aromatic heterocycles. The van der Waals surface area contributed by atoms with Gasteiger partial charge in [-0.15, -0.1) is 0 Å². The molecule has 4 aromatic rings. The summed E-state index contributed by atoms with van der Waals surface area (Å²) in [5.74, 6) is -4.14. The summed E-state index contributed by atoms with van der Waals surface area (Å²) in [4.78, 5) is 46.8. The van der Waals surface area contributed by atoms with E-state index >= 15 is 0 Å². The highest BCUT2D eigenvalue weighted by atomic mass is 16.5. The summed E-state index contributed by atoms with van der Waals surface area (Å²) in [6.07, 6.45) is 5.36. The summed E-state index contributed by atoms with van der Waals surface area (Å²) in [5, 5.41) is 28.1. The molecule has 1 unspecified atom stereocenters. The molecule has 4 aromatic carbocycles. The quantitative estimate of drug-likeness (QED) is 0.119. The minimum Gasteiger partial charge on any atom is -0.478 e. The van der Waals surface area contributed by atoms with Gasteiger partial charge in [-0.25, -0.2) is 19.2 Å². The highest BCUT2D eigenvalue weighted by molar-refractivity contribution is 6.03. The number of carbonyl (C=O) groups is 4. The largest absolute Gasteiger partial charge is 0.478 e. The van der Waals surface area contributed by atoms with Gasteiger partial charge in [-0.1, -0.05) is 106 Å². The van der Waals surface area contributed by atoms with Crippen LogP contribution in [0.25, 0.3) is 0 Å². The Bertz CT molecular complexity index is 1610. The Kier molecular flexibility index (Phi) is 13.7. The zero-order valence-corrected chi connectivity index (χ0v) is 26.1. The number of unbranched alkanes of at least 4 members (excludes halogenated alkanes) is 2. The van der Waals surface area contributed by atoms with Gasteiger partial charge < -0.3 is 20.1 Å². The standard InChI is InChI=1S/2C19H20O4/c1-2-3-13-17(14-9-5-4-6-10-14)23-19(22)16-12-8-7-11-15(16)18(20)21;1-2-3-9-14-10-11-15(18(20)21)17(19(22)23)16(14)12-13-7-5-4-6-8-13/h4-12,17H,2-3,13H2,1H3,(H,20,21);4-8,10-11H,2-3,9,12H2,1H3,(H,20,21)(H,22,23). The molecule has 0 aliphatic rings. The van der Waals surface area contributed by atoms with Gasteiger partial charge in [-0.05, 0) is 72.6 Å². The highest BCUT2D eigenvalue weighted by Gasteiger charge is 2.23. The molecule has 240 valence electrons.